The topological polar surface area (TPSA) is 44.8 Å². The number of hydrogen-bond acceptors (Lipinski definition) is 3. The van der Waals surface area contributed by atoms with Crippen LogP contribution in [0.1, 0.15) is 28.1 Å². The van der Waals surface area contributed by atoms with E-state index in [1.54, 1.807) is 0 Å². The molecule has 30 heavy (non-hydrogen) atoms. The summed E-state index contributed by atoms with van der Waals surface area (Å²) in [5.74, 6) is 0.919. The third kappa shape index (κ3) is 3.64. The second-order valence-corrected chi connectivity index (χ2v) is 7.90. The minimum atomic E-state index is 0.797. The van der Waals surface area contributed by atoms with Crippen LogP contribution in [0.5, 0.6) is 0 Å². The fourth-order valence-corrected chi connectivity index (χ4v) is 3.82. The van der Waals surface area contributed by atoms with Crippen LogP contribution in [0.15, 0.2) is 73.2 Å². The third-order valence-electron chi connectivity index (χ3n) is 5.75. The summed E-state index contributed by atoms with van der Waals surface area (Å²) in [6.07, 6.45) is 7.92. The van der Waals surface area contributed by atoms with Gasteiger partial charge in [-0.15, -0.1) is 0 Å². The van der Waals surface area contributed by atoms with E-state index >= 15 is 0 Å². The second kappa shape index (κ2) is 7.64. The molecule has 4 nitrogen and oxygen atoms in total. The first-order chi connectivity index (χ1) is 14.7. The van der Waals surface area contributed by atoms with Gasteiger partial charge in [-0.3, -0.25) is 4.98 Å². The van der Waals surface area contributed by atoms with Crippen LogP contribution in [0, 0.1) is 13.8 Å². The number of aromatic amines is 1. The van der Waals surface area contributed by atoms with E-state index in [1.807, 2.05) is 12.4 Å². The molecule has 0 aliphatic carbocycles. The van der Waals surface area contributed by atoms with Crippen LogP contribution in [0.2, 0.25) is 0 Å². The lowest BCUT2D eigenvalue weighted by Crippen LogP contribution is -2.19. The molecule has 0 amide bonds. The van der Waals surface area contributed by atoms with Crippen molar-refractivity contribution in [3.05, 3.63) is 101 Å². The van der Waals surface area contributed by atoms with Gasteiger partial charge < -0.3 is 9.88 Å². The van der Waals surface area contributed by atoms with Gasteiger partial charge in [0, 0.05) is 30.7 Å². The molecule has 0 saturated heterocycles. The molecule has 148 valence electrons. The highest BCUT2D eigenvalue weighted by atomic mass is 15.1. The van der Waals surface area contributed by atoms with Gasteiger partial charge in [0.25, 0.3) is 0 Å². The minimum Gasteiger partial charge on any atom is -0.367 e. The van der Waals surface area contributed by atoms with Crippen molar-refractivity contribution < 1.29 is 0 Å². The summed E-state index contributed by atoms with van der Waals surface area (Å²) in [6.45, 7) is 5.95. The number of benzene rings is 2. The van der Waals surface area contributed by atoms with E-state index in [4.69, 9.17) is 4.98 Å². The van der Waals surface area contributed by atoms with Gasteiger partial charge in [0.05, 0.1) is 17.9 Å². The summed E-state index contributed by atoms with van der Waals surface area (Å²) in [5, 5.41) is 0. The molecule has 2 aromatic carbocycles. The SMILES string of the molecule is Cc1ccc(-c2ccc(-c3nc4c([nH]3)C=CN(Cc3ccncc3)C4)cc2)cc1C. The molecule has 0 spiro atoms. The normalized spacial score (nSPS) is 12.8. The number of pyridine rings is 1. The lowest BCUT2D eigenvalue weighted by Gasteiger charge is -2.22. The molecule has 1 aliphatic rings. The monoisotopic (exact) mass is 392 g/mol. The lowest BCUT2D eigenvalue weighted by atomic mass is 9.99. The van der Waals surface area contributed by atoms with Crippen molar-refractivity contribution in [1.29, 1.82) is 0 Å². The first kappa shape index (κ1) is 18.4. The highest BCUT2D eigenvalue weighted by Gasteiger charge is 2.16. The standard InChI is InChI=1S/C26H24N4/c1-18-3-4-23(15-19(18)2)21-5-7-22(8-6-21)26-28-24-11-14-30(17-25(24)29-26)16-20-9-12-27-13-10-20/h3-15H,16-17H2,1-2H3,(H,28,29). The summed E-state index contributed by atoms with van der Waals surface area (Å²) < 4.78 is 0. The van der Waals surface area contributed by atoms with Gasteiger partial charge in [0.2, 0.25) is 0 Å². The van der Waals surface area contributed by atoms with E-state index in [9.17, 15) is 0 Å². The van der Waals surface area contributed by atoms with E-state index in [-0.39, 0.29) is 0 Å². The Morgan fingerprint density at radius 1 is 0.867 bits per heavy atom. The van der Waals surface area contributed by atoms with Gasteiger partial charge in [0.15, 0.2) is 0 Å². The Kier molecular flexibility index (Phi) is 4.68. The first-order valence-electron chi connectivity index (χ1n) is 10.2. The average molecular weight is 393 g/mol. The van der Waals surface area contributed by atoms with Crippen molar-refractivity contribution in [2.45, 2.75) is 26.9 Å². The molecule has 4 heteroatoms. The zero-order valence-corrected chi connectivity index (χ0v) is 17.3. The predicted octanol–water partition coefficient (Wildman–Crippen LogP) is 5.74. The maximum Gasteiger partial charge on any atom is 0.138 e. The molecule has 0 bridgehead atoms. The molecule has 0 radical (unpaired) electrons. The van der Waals surface area contributed by atoms with E-state index in [2.05, 4.69) is 95.6 Å². The fraction of sp³-hybridized carbons (Fsp3) is 0.154. The van der Waals surface area contributed by atoms with E-state index in [1.165, 1.54) is 27.8 Å². The zero-order chi connectivity index (χ0) is 20.5. The van der Waals surface area contributed by atoms with Crippen LogP contribution in [-0.2, 0) is 13.1 Å². The van der Waals surface area contributed by atoms with Crippen LogP contribution < -0.4 is 0 Å². The van der Waals surface area contributed by atoms with E-state index in [0.717, 1.165) is 35.9 Å². The number of aromatic nitrogens is 3. The minimum absolute atomic E-state index is 0.797. The van der Waals surface area contributed by atoms with Gasteiger partial charge in [-0.25, -0.2) is 4.98 Å². The quantitative estimate of drug-likeness (QED) is 0.481. The lowest BCUT2D eigenvalue weighted by molar-refractivity contribution is 0.355. The molecule has 1 aliphatic heterocycles. The molecule has 5 rings (SSSR count). The van der Waals surface area contributed by atoms with Gasteiger partial charge in [-0.2, -0.15) is 0 Å². The number of fused-ring (bicyclic) bond motifs is 1. The molecule has 1 N–H and O–H groups in total. The number of nitrogens with zero attached hydrogens (tertiary/aromatic N) is 3. The third-order valence-corrected chi connectivity index (χ3v) is 5.75. The molecule has 0 fully saturated rings. The fourth-order valence-electron chi connectivity index (χ4n) is 3.82. The van der Waals surface area contributed by atoms with E-state index in [0.29, 0.717) is 0 Å². The molecule has 2 aromatic heterocycles. The number of imidazole rings is 1. The molecular formula is C26H24N4. The van der Waals surface area contributed by atoms with E-state index < -0.39 is 0 Å². The van der Waals surface area contributed by atoms with Crippen LogP contribution in [0.3, 0.4) is 0 Å². The van der Waals surface area contributed by atoms with Crippen LogP contribution in [0.4, 0.5) is 0 Å². The molecular weight excluding hydrogens is 368 g/mol. The Balaban J connectivity index is 1.34. The Hall–Kier alpha value is -3.66. The summed E-state index contributed by atoms with van der Waals surface area (Å²) in [6, 6.07) is 19.4. The van der Waals surface area contributed by atoms with Gasteiger partial charge in [0.1, 0.15) is 5.82 Å². The Morgan fingerprint density at radius 3 is 2.37 bits per heavy atom. The molecule has 0 saturated carbocycles. The van der Waals surface area contributed by atoms with Crippen molar-refractivity contribution in [3.8, 4) is 22.5 Å². The number of rotatable bonds is 4. The summed E-state index contributed by atoms with van der Waals surface area (Å²) in [4.78, 5) is 14.7. The maximum absolute atomic E-state index is 4.88. The Labute approximate surface area is 177 Å². The number of aryl methyl sites for hydroxylation is 2. The first-order valence-corrected chi connectivity index (χ1v) is 10.2. The number of hydrogen-bond donors (Lipinski definition) is 1. The van der Waals surface area contributed by atoms with Gasteiger partial charge in [-0.05, 0) is 59.9 Å². The van der Waals surface area contributed by atoms with Crippen molar-refractivity contribution in [2.24, 2.45) is 0 Å². The van der Waals surface area contributed by atoms with Crippen LogP contribution in [-0.4, -0.2) is 19.9 Å². The smallest absolute Gasteiger partial charge is 0.138 e. The highest BCUT2D eigenvalue weighted by molar-refractivity contribution is 5.69. The average Bonchev–Trinajstić information content (AvgIpc) is 3.20. The summed E-state index contributed by atoms with van der Waals surface area (Å²) in [7, 11) is 0. The molecule has 0 unspecified atom stereocenters. The Morgan fingerprint density at radius 2 is 1.60 bits per heavy atom. The molecule has 3 heterocycles. The number of H-pyrrole nitrogens is 1. The highest BCUT2D eigenvalue weighted by Crippen LogP contribution is 2.27. The van der Waals surface area contributed by atoms with Crippen molar-refractivity contribution >= 4 is 6.08 Å². The van der Waals surface area contributed by atoms with Gasteiger partial charge >= 0.3 is 0 Å². The summed E-state index contributed by atoms with van der Waals surface area (Å²) >= 11 is 0. The largest absolute Gasteiger partial charge is 0.367 e. The van der Waals surface area contributed by atoms with Crippen molar-refractivity contribution in [1.82, 2.24) is 19.9 Å². The van der Waals surface area contributed by atoms with Gasteiger partial charge in [-0.1, -0.05) is 42.5 Å². The molecule has 4 aromatic rings. The zero-order valence-electron chi connectivity index (χ0n) is 17.3. The van der Waals surface area contributed by atoms with Crippen LogP contribution in [0.25, 0.3) is 28.6 Å². The second-order valence-electron chi connectivity index (χ2n) is 7.90. The van der Waals surface area contributed by atoms with Crippen LogP contribution >= 0.6 is 0 Å². The Bertz CT molecular complexity index is 1200. The van der Waals surface area contributed by atoms with Crippen molar-refractivity contribution in [2.75, 3.05) is 0 Å². The maximum atomic E-state index is 4.88. The number of nitrogens with one attached hydrogen (secondary N) is 1. The predicted molar refractivity (Wildman–Crippen MR) is 121 cm³/mol. The van der Waals surface area contributed by atoms with Crippen molar-refractivity contribution in [3.63, 3.8) is 0 Å². The molecule has 0 atom stereocenters. The summed E-state index contributed by atoms with van der Waals surface area (Å²) in [5.41, 5.74) is 9.64.